The first-order valence-electron chi connectivity index (χ1n) is 3.96. The van der Waals surface area contributed by atoms with Gasteiger partial charge < -0.3 is 0 Å². The van der Waals surface area contributed by atoms with Crippen LogP contribution in [0.3, 0.4) is 0 Å². The fourth-order valence-corrected chi connectivity index (χ4v) is 1.35. The van der Waals surface area contributed by atoms with Gasteiger partial charge in [0.25, 0.3) is 0 Å². The van der Waals surface area contributed by atoms with Crippen molar-refractivity contribution in [2.24, 2.45) is 0 Å². The predicted octanol–water partition coefficient (Wildman–Crippen LogP) is 2.06. The molecule has 0 aliphatic heterocycles. The standard InChI is InChI=1S/C5H5O3S.C5H5.Fe/c6-9(7,8)5-3-1-2-4-5;1-2-4-5-3-1;/h1-4H,(H,6,7,8);1-5H;/q2*-1;. The van der Waals surface area contributed by atoms with Crippen LogP contribution in [0.1, 0.15) is 0 Å². The summed E-state index contributed by atoms with van der Waals surface area (Å²) >= 11 is 0. The molecule has 0 atom stereocenters. The van der Waals surface area contributed by atoms with Crippen LogP contribution in [0.25, 0.3) is 0 Å². The molecule has 0 aliphatic carbocycles. The van der Waals surface area contributed by atoms with Crippen molar-refractivity contribution < 1.29 is 30.0 Å². The summed E-state index contributed by atoms with van der Waals surface area (Å²) in [4.78, 5) is -0.0532. The molecule has 0 heterocycles. The molecule has 0 saturated heterocycles. The second-order valence-corrected chi connectivity index (χ2v) is 3.98. The molecule has 3 nitrogen and oxygen atoms in total. The smallest absolute Gasteiger partial charge is 0.246 e. The Morgan fingerprint density at radius 3 is 1.67 bits per heavy atom. The van der Waals surface area contributed by atoms with Crippen molar-refractivity contribution in [2.45, 2.75) is 4.90 Å². The Bertz CT molecular complexity index is 412. The first-order chi connectivity index (χ1) is 6.61. The van der Waals surface area contributed by atoms with Crippen LogP contribution in [0.5, 0.6) is 0 Å². The van der Waals surface area contributed by atoms with Crippen molar-refractivity contribution in [1.82, 2.24) is 0 Å². The minimum absolute atomic E-state index is 0. The second kappa shape index (κ2) is 6.58. The van der Waals surface area contributed by atoms with Gasteiger partial charge in [0.15, 0.2) is 0 Å². The third kappa shape index (κ3) is 5.54. The van der Waals surface area contributed by atoms with Crippen molar-refractivity contribution in [3.8, 4) is 0 Å². The van der Waals surface area contributed by atoms with Gasteiger partial charge in [-0.1, -0.05) is 0 Å². The van der Waals surface area contributed by atoms with E-state index < -0.39 is 10.1 Å². The summed E-state index contributed by atoms with van der Waals surface area (Å²) in [6, 6.07) is 15.7. The maximum Gasteiger partial charge on any atom is 0.246 e. The minimum atomic E-state index is -3.96. The molecule has 5 heteroatoms. The van der Waals surface area contributed by atoms with Gasteiger partial charge in [-0.05, 0) is 4.90 Å². The molecule has 0 spiro atoms. The van der Waals surface area contributed by atoms with E-state index in [9.17, 15) is 8.42 Å². The zero-order valence-electron chi connectivity index (χ0n) is 7.72. The molecule has 0 fully saturated rings. The van der Waals surface area contributed by atoms with Crippen LogP contribution in [-0.4, -0.2) is 13.0 Å². The second-order valence-electron chi connectivity index (χ2n) is 2.56. The van der Waals surface area contributed by atoms with Crippen molar-refractivity contribution in [1.29, 1.82) is 0 Å². The van der Waals surface area contributed by atoms with E-state index in [-0.39, 0.29) is 22.0 Å². The Hall–Kier alpha value is -0.871. The molecule has 0 amide bonds. The molecule has 0 bridgehead atoms. The molecular formula is C10H10FeO3S-2. The maximum absolute atomic E-state index is 10.2. The van der Waals surface area contributed by atoms with Crippen LogP contribution >= 0.6 is 0 Å². The number of rotatable bonds is 1. The van der Waals surface area contributed by atoms with E-state index in [1.54, 1.807) is 12.1 Å². The number of hydrogen-bond acceptors (Lipinski definition) is 2. The molecule has 1 N–H and O–H groups in total. The topological polar surface area (TPSA) is 54.4 Å². The van der Waals surface area contributed by atoms with Gasteiger partial charge in [-0.3, -0.25) is 4.55 Å². The summed E-state index contributed by atoms with van der Waals surface area (Å²) in [7, 11) is -3.96. The van der Waals surface area contributed by atoms with Gasteiger partial charge in [0.05, 0.1) is 0 Å². The van der Waals surface area contributed by atoms with Gasteiger partial charge in [-0.25, -0.2) is 32.7 Å². The van der Waals surface area contributed by atoms with Gasteiger partial charge in [0.1, 0.15) is 0 Å². The quantitative estimate of drug-likeness (QED) is 0.488. The summed E-state index contributed by atoms with van der Waals surface area (Å²) in [6.07, 6.45) is 0. The minimum Gasteiger partial charge on any atom is -0.291 e. The SMILES string of the molecule is O=S(=O)(O)[c-]1cccc1.[Fe].c1cc[cH-]c1. The van der Waals surface area contributed by atoms with E-state index in [4.69, 9.17) is 4.55 Å². The molecule has 2 aromatic carbocycles. The van der Waals surface area contributed by atoms with Crippen molar-refractivity contribution in [3.05, 3.63) is 54.6 Å². The fraction of sp³-hybridized carbons (Fsp3) is 0. The van der Waals surface area contributed by atoms with Crippen LogP contribution in [0.2, 0.25) is 0 Å². The normalized spacial score (nSPS) is 9.67. The average molecular weight is 266 g/mol. The van der Waals surface area contributed by atoms with E-state index in [1.807, 2.05) is 30.3 Å². The molecule has 84 valence electrons. The van der Waals surface area contributed by atoms with Gasteiger partial charge in [-0.15, -0.1) is 0 Å². The Morgan fingerprint density at radius 2 is 1.47 bits per heavy atom. The van der Waals surface area contributed by atoms with Crippen LogP contribution < -0.4 is 0 Å². The largest absolute Gasteiger partial charge is 0.291 e. The number of hydrogen-bond donors (Lipinski definition) is 1. The van der Waals surface area contributed by atoms with E-state index in [1.165, 1.54) is 12.1 Å². The first kappa shape index (κ1) is 14.1. The molecule has 0 aromatic heterocycles. The fourth-order valence-electron chi connectivity index (χ4n) is 0.849. The van der Waals surface area contributed by atoms with Gasteiger partial charge in [-0.2, -0.15) is 30.3 Å². The van der Waals surface area contributed by atoms with Crippen LogP contribution in [0.4, 0.5) is 0 Å². The zero-order valence-corrected chi connectivity index (χ0v) is 9.64. The Labute approximate surface area is 99.7 Å². The molecule has 0 radical (unpaired) electrons. The molecular weight excluding hydrogens is 256 g/mol. The van der Waals surface area contributed by atoms with Gasteiger partial charge in [0, 0.05) is 17.1 Å². The van der Waals surface area contributed by atoms with E-state index in [2.05, 4.69) is 0 Å². The summed E-state index contributed by atoms with van der Waals surface area (Å²) in [5.41, 5.74) is 0. The first-order valence-corrected chi connectivity index (χ1v) is 5.40. The van der Waals surface area contributed by atoms with Crippen molar-refractivity contribution in [2.75, 3.05) is 0 Å². The summed E-state index contributed by atoms with van der Waals surface area (Å²) < 4.78 is 28.8. The molecule has 0 aliphatic rings. The summed E-state index contributed by atoms with van der Waals surface area (Å²) in [5.74, 6) is 0. The maximum atomic E-state index is 10.2. The van der Waals surface area contributed by atoms with Crippen LogP contribution in [0, 0.1) is 0 Å². The summed E-state index contributed by atoms with van der Waals surface area (Å²) in [5, 5.41) is 0. The van der Waals surface area contributed by atoms with E-state index in [0.717, 1.165) is 0 Å². The molecule has 0 unspecified atom stereocenters. The average Bonchev–Trinajstić information content (AvgIpc) is 2.80. The van der Waals surface area contributed by atoms with Gasteiger partial charge >= 0.3 is 0 Å². The van der Waals surface area contributed by atoms with E-state index in [0.29, 0.717) is 0 Å². The zero-order chi connectivity index (χ0) is 10.4. The Balaban J connectivity index is 0.000000280. The predicted molar refractivity (Wildman–Crippen MR) is 53.9 cm³/mol. The third-order valence-corrected chi connectivity index (χ3v) is 2.35. The van der Waals surface area contributed by atoms with Gasteiger partial charge in [0.2, 0.25) is 10.1 Å². The van der Waals surface area contributed by atoms with Crippen molar-refractivity contribution in [3.63, 3.8) is 0 Å². The molecule has 2 rings (SSSR count). The Kier molecular flexibility index (Phi) is 6.20. The molecule has 15 heavy (non-hydrogen) atoms. The van der Waals surface area contributed by atoms with Crippen molar-refractivity contribution >= 4 is 10.1 Å². The summed E-state index contributed by atoms with van der Waals surface area (Å²) in [6.45, 7) is 0. The van der Waals surface area contributed by atoms with E-state index >= 15 is 0 Å². The molecule has 2 aromatic rings. The third-order valence-electron chi connectivity index (χ3n) is 1.49. The van der Waals surface area contributed by atoms with Crippen LogP contribution in [0.15, 0.2) is 59.5 Å². The molecule has 0 saturated carbocycles. The monoisotopic (exact) mass is 266 g/mol. The Morgan fingerprint density at radius 1 is 1.00 bits per heavy atom. The van der Waals surface area contributed by atoms with Crippen LogP contribution in [-0.2, 0) is 27.2 Å².